The minimum Gasteiger partial charge on any atom is -0.380 e. The molecule has 1 fully saturated rings. The van der Waals surface area contributed by atoms with Gasteiger partial charge >= 0.3 is 6.18 Å². The van der Waals surface area contributed by atoms with Crippen molar-refractivity contribution in [3.05, 3.63) is 35.4 Å². The van der Waals surface area contributed by atoms with Gasteiger partial charge in [-0.1, -0.05) is 12.1 Å². The summed E-state index contributed by atoms with van der Waals surface area (Å²) >= 11 is 0. The van der Waals surface area contributed by atoms with E-state index in [9.17, 15) is 13.2 Å². The smallest absolute Gasteiger partial charge is 0.380 e. The number of hydrogen-bond acceptors (Lipinski definition) is 4. The van der Waals surface area contributed by atoms with Gasteiger partial charge in [0.1, 0.15) is 0 Å². The number of nitrogens with zero attached hydrogens (tertiary/aromatic N) is 2. The van der Waals surface area contributed by atoms with Gasteiger partial charge < -0.3 is 20.1 Å². The average molecular weight is 544 g/mol. The van der Waals surface area contributed by atoms with Gasteiger partial charge in [0.15, 0.2) is 5.96 Å². The van der Waals surface area contributed by atoms with Crippen LogP contribution in [0.5, 0.6) is 0 Å². The van der Waals surface area contributed by atoms with Crippen molar-refractivity contribution in [2.75, 3.05) is 59.2 Å². The highest BCUT2D eigenvalue weighted by molar-refractivity contribution is 14.0. The van der Waals surface area contributed by atoms with Crippen molar-refractivity contribution >= 4 is 29.9 Å². The van der Waals surface area contributed by atoms with Gasteiger partial charge in [0.25, 0.3) is 0 Å². The maximum Gasteiger partial charge on any atom is 0.416 e. The van der Waals surface area contributed by atoms with E-state index in [0.29, 0.717) is 52.0 Å². The molecule has 10 heteroatoms. The number of hydrogen-bond donors (Lipinski definition) is 2. The zero-order chi connectivity index (χ0) is 21.1. The quantitative estimate of drug-likeness (QED) is 0.217. The molecular weight excluding hydrogens is 512 g/mol. The van der Waals surface area contributed by atoms with Crippen molar-refractivity contribution < 1.29 is 22.6 Å². The molecule has 172 valence electrons. The number of morpholine rings is 1. The lowest BCUT2D eigenvalue weighted by Gasteiger charge is -2.34. The summed E-state index contributed by atoms with van der Waals surface area (Å²) in [6.07, 6.45) is -4.34. The zero-order valence-corrected chi connectivity index (χ0v) is 19.8. The van der Waals surface area contributed by atoms with Crippen LogP contribution in [0.15, 0.2) is 29.3 Å². The minimum atomic E-state index is -4.34. The first-order chi connectivity index (χ1) is 14.0. The number of guanidine groups is 1. The van der Waals surface area contributed by atoms with Gasteiger partial charge in [-0.25, -0.2) is 0 Å². The third-order valence-electron chi connectivity index (χ3n) is 4.62. The normalized spacial score (nSPS) is 16.6. The predicted molar refractivity (Wildman–Crippen MR) is 122 cm³/mol. The predicted octanol–water partition coefficient (Wildman–Crippen LogP) is 3.29. The molecular formula is C20H32F3IN4O2. The maximum atomic E-state index is 12.9. The van der Waals surface area contributed by atoms with Crippen LogP contribution in [0.4, 0.5) is 13.2 Å². The topological polar surface area (TPSA) is 58.1 Å². The van der Waals surface area contributed by atoms with Gasteiger partial charge in [0.05, 0.1) is 38.0 Å². The SMILES string of the molecule is CCNC(=NCC(c1ccc(C(F)(F)F)cc1)N1CCOCC1)NCCOCC.I. The van der Waals surface area contributed by atoms with E-state index in [1.165, 1.54) is 0 Å². The Morgan fingerprint density at radius 3 is 2.40 bits per heavy atom. The van der Waals surface area contributed by atoms with E-state index in [-0.39, 0.29) is 30.0 Å². The Hall–Kier alpha value is -1.11. The molecule has 2 N–H and O–H groups in total. The summed E-state index contributed by atoms with van der Waals surface area (Å²) in [5, 5.41) is 6.41. The number of benzene rings is 1. The molecule has 1 heterocycles. The van der Waals surface area contributed by atoms with Crippen LogP contribution in [-0.2, 0) is 15.7 Å². The van der Waals surface area contributed by atoms with Crippen LogP contribution in [0.1, 0.15) is 31.0 Å². The third kappa shape index (κ3) is 8.94. The first-order valence-corrected chi connectivity index (χ1v) is 10.0. The number of alkyl halides is 3. The number of rotatable bonds is 9. The third-order valence-corrected chi connectivity index (χ3v) is 4.62. The van der Waals surface area contributed by atoms with E-state index in [1.54, 1.807) is 12.1 Å². The fraction of sp³-hybridized carbons (Fsp3) is 0.650. The van der Waals surface area contributed by atoms with Crippen LogP contribution < -0.4 is 10.6 Å². The first-order valence-electron chi connectivity index (χ1n) is 10.0. The molecule has 6 nitrogen and oxygen atoms in total. The molecule has 1 saturated heterocycles. The highest BCUT2D eigenvalue weighted by Crippen LogP contribution is 2.31. The Kier molecular flexibility index (Phi) is 12.6. The minimum absolute atomic E-state index is 0. The Morgan fingerprint density at radius 1 is 1.17 bits per heavy atom. The van der Waals surface area contributed by atoms with Gasteiger partial charge in [0.2, 0.25) is 0 Å². The largest absolute Gasteiger partial charge is 0.416 e. The molecule has 1 aliphatic rings. The van der Waals surface area contributed by atoms with Gasteiger partial charge in [-0.2, -0.15) is 13.2 Å². The first kappa shape index (κ1) is 26.9. The number of aliphatic imine (C=N–C) groups is 1. The summed E-state index contributed by atoms with van der Waals surface area (Å²) in [5.74, 6) is 0.664. The van der Waals surface area contributed by atoms with E-state index in [0.717, 1.165) is 30.8 Å². The van der Waals surface area contributed by atoms with Crippen molar-refractivity contribution in [2.45, 2.75) is 26.1 Å². The van der Waals surface area contributed by atoms with E-state index in [4.69, 9.17) is 9.47 Å². The molecule has 1 atom stereocenters. The van der Waals surface area contributed by atoms with Crippen molar-refractivity contribution in [1.82, 2.24) is 15.5 Å². The number of nitrogens with one attached hydrogen (secondary N) is 2. The molecule has 1 aromatic rings. The summed E-state index contributed by atoms with van der Waals surface area (Å²) in [6.45, 7) is 9.56. The standard InChI is InChI=1S/C20H31F3N4O2.HI/c1-3-24-19(25-9-12-28-4-2)26-15-18(27-10-13-29-14-11-27)16-5-7-17(8-6-16)20(21,22)23;/h5-8,18H,3-4,9-15H2,1-2H3,(H2,24,25,26);1H. The Morgan fingerprint density at radius 2 is 1.83 bits per heavy atom. The molecule has 1 aromatic carbocycles. The van der Waals surface area contributed by atoms with Crippen LogP contribution in [-0.4, -0.2) is 70.0 Å². The highest BCUT2D eigenvalue weighted by Gasteiger charge is 2.31. The molecule has 30 heavy (non-hydrogen) atoms. The summed E-state index contributed by atoms with van der Waals surface area (Å²) in [4.78, 5) is 6.88. The second-order valence-corrected chi connectivity index (χ2v) is 6.63. The molecule has 2 rings (SSSR count). The molecule has 0 spiro atoms. The van der Waals surface area contributed by atoms with Crippen molar-refractivity contribution in [3.63, 3.8) is 0 Å². The lowest BCUT2D eigenvalue weighted by atomic mass is 10.0. The Labute approximate surface area is 193 Å². The lowest BCUT2D eigenvalue weighted by molar-refractivity contribution is -0.137. The Bertz CT molecular complexity index is 623. The fourth-order valence-corrected chi connectivity index (χ4v) is 3.12. The fourth-order valence-electron chi connectivity index (χ4n) is 3.12. The van der Waals surface area contributed by atoms with Crippen molar-refractivity contribution in [2.24, 2.45) is 4.99 Å². The van der Waals surface area contributed by atoms with Crippen molar-refractivity contribution in [3.8, 4) is 0 Å². The average Bonchev–Trinajstić information content (AvgIpc) is 2.72. The van der Waals surface area contributed by atoms with Gasteiger partial charge in [-0.3, -0.25) is 9.89 Å². The molecule has 1 aliphatic heterocycles. The van der Waals surface area contributed by atoms with Crippen LogP contribution in [0, 0.1) is 0 Å². The monoisotopic (exact) mass is 544 g/mol. The summed E-state index contributed by atoms with van der Waals surface area (Å²) in [6, 6.07) is 5.25. The zero-order valence-electron chi connectivity index (χ0n) is 17.5. The van der Waals surface area contributed by atoms with E-state index >= 15 is 0 Å². The number of ether oxygens (including phenoxy) is 2. The van der Waals surface area contributed by atoms with Crippen molar-refractivity contribution in [1.29, 1.82) is 0 Å². The van der Waals surface area contributed by atoms with Gasteiger partial charge in [-0.05, 0) is 31.5 Å². The Balaban J connectivity index is 0.00000450. The molecule has 0 radical (unpaired) electrons. The van der Waals surface area contributed by atoms with E-state index in [1.807, 2.05) is 13.8 Å². The molecule has 0 saturated carbocycles. The van der Waals surface area contributed by atoms with Gasteiger partial charge in [0, 0.05) is 32.8 Å². The second-order valence-electron chi connectivity index (χ2n) is 6.63. The molecule has 0 amide bonds. The molecule has 0 aromatic heterocycles. The van der Waals surface area contributed by atoms with Crippen LogP contribution in [0.2, 0.25) is 0 Å². The van der Waals surface area contributed by atoms with Crippen LogP contribution in [0.25, 0.3) is 0 Å². The van der Waals surface area contributed by atoms with Crippen LogP contribution in [0.3, 0.4) is 0 Å². The summed E-state index contributed by atoms with van der Waals surface area (Å²) in [7, 11) is 0. The molecule has 0 aliphatic carbocycles. The van der Waals surface area contributed by atoms with Crippen LogP contribution >= 0.6 is 24.0 Å². The maximum absolute atomic E-state index is 12.9. The summed E-state index contributed by atoms with van der Waals surface area (Å²) < 4.78 is 49.5. The lowest BCUT2D eigenvalue weighted by Crippen LogP contribution is -2.42. The highest BCUT2D eigenvalue weighted by atomic mass is 127. The summed E-state index contributed by atoms with van der Waals surface area (Å²) in [5.41, 5.74) is 0.172. The molecule has 1 unspecified atom stereocenters. The number of halogens is 4. The second kappa shape index (κ2) is 14.0. The van der Waals surface area contributed by atoms with Gasteiger partial charge in [-0.15, -0.1) is 24.0 Å². The molecule has 0 bridgehead atoms. The van der Waals surface area contributed by atoms with E-state index < -0.39 is 11.7 Å². The van der Waals surface area contributed by atoms with E-state index in [2.05, 4.69) is 20.5 Å².